The Hall–Kier alpha value is -6.28. The molecule has 0 saturated carbocycles. The summed E-state index contributed by atoms with van der Waals surface area (Å²) in [6.07, 6.45) is 5.84. The predicted molar refractivity (Wildman–Crippen MR) is 202 cm³/mol. The summed E-state index contributed by atoms with van der Waals surface area (Å²) < 4.78 is 51.9. The second-order valence-corrected chi connectivity index (χ2v) is 13.5. The number of benzene rings is 7. The number of rotatable bonds is 4. The molecule has 0 N–H and O–H groups in total. The Morgan fingerprint density at radius 3 is 1.08 bits per heavy atom. The van der Waals surface area contributed by atoms with Crippen LogP contribution in [0.15, 0.2) is 133 Å². The molecule has 4 aliphatic heterocycles. The van der Waals surface area contributed by atoms with Gasteiger partial charge in [0.25, 0.3) is 0 Å². The van der Waals surface area contributed by atoms with Crippen LogP contribution in [0.5, 0.6) is 34.5 Å². The first-order valence-electron chi connectivity index (χ1n) is 17.5. The molecule has 0 radical (unpaired) electrons. The van der Waals surface area contributed by atoms with Crippen LogP contribution in [-0.4, -0.2) is 28.5 Å². The zero-order chi connectivity index (χ0) is 33.9. The summed E-state index contributed by atoms with van der Waals surface area (Å²) >= 11 is 0. The highest BCUT2D eigenvalue weighted by Crippen LogP contribution is 2.40. The van der Waals surface area contributed by atoms with E-state index in [9.17, 15) is 0 Å². The van der Waals surface area contributed by atoms with E-state index in [4.69, 9.17) is 37.2 Å². The molecule has 1 aliphatic carbocycles. The fourth-order valence-corrected chi connectivity index (χ4v) is 8.20. The standard InChI is InChI=1S/C40H24B4O8/c1-2-10-32-31(9-1)45-41(46-32)27-21-28(42-47-33-11-3-4-12-34(33)48-42)24-19-20-26-30(44-51-37-15-7-8-16-38(37)52-44)22-29(25-18-17-23(27)39(24)40(25)26)43-49-35-13-5-6-14-36(35)50-43/h1-7,9-15,17-22H,8,16H2. The summed E-state index contributed by atoms with van der Waals surface area (Å²) in [5.41, 5.74) is 3.48. The first-order valence-corrected chi connectivity index (χ1v) is 17.5. The maximum atomic E-state index is 6.55. The SMILES string of the molecule is C1=CC2=C(CC1)OB(c1cc(B3Oc4ccccc4O3)c3ccc4c(B5Oc6ccccc6O5)cc(B5Oc6ccccc6O5)c5ccc1c3c54)O2. The van der Waals surface area contributed by atoms with E-state index in [1.807, 2.05) is 78.9 Å². The Kier molecular flexibility index (Phi) is 5.80. The molecule has 0 spiro atoms. The summed E-state index contributed by atoms with van der Waals surface area (Å²) in [4.78, 5) is 0. The van der Waals surface area contributed by atoms with Crippen molar-refractivity contribution >= 4 is 82.6 Å². The van der Waals surface area contributed by atoms with Crippen LogP contribution >= 0.6 is 0 Å². The maximum Gasteiger partial charge on any atom is 0.633 e. The molecule has 5 aliphatic rings. The lowest BCUT2D eigenvalue weighted by Gasteiger charge is -2.22. The molecule has 12 heteroatoms. The smallest absolute Gasteiger partial charge is 0.522 e. The van der Waals surface area contributed by atoms with Crippen LogP contribution in [-0.2, 0) is 9.31 Å². The van der Waals surface area contributed by atoms with Crippen molar-refractivity contribution in [2.75, 3.05) is 0 Å². The van der Waals surface area contributed by atoms with Crippen LogP contribution in [0.3, 0.4) is 0 Å². The molecule has 52 heavy (non-hydrogen) atoms. The molecule has 0 saturated heterocycles. The highest BCUT2D eigenvalue weighted by atomic mass is 16.6. The minimum atomic E-state index is -0.691. The molecule has 0 unspecified atom stereocenters. The Labute approximate surface area is 299 Å². The Morgan fingerprint density at radius 2 is 0.731 bits per heavy atom. The second-order valence-electron chi connectivity index (χ2n) is 13.5. The molecule has 12 rings (SSSR count). The van der Waals surface area contributed by atoms with Gasteiger partial charge in [0.1, 0.15) is 46.0 Å². The van der Waals surface area contributed by atoms with Crippen LogP contribution in [0.1, 0.15) is 12.8 Å². The average Bonchev–Trinajstić information content (AvgIpc) is 4.00. The zero-order valence-corrected chi connectivity index (χ0v) is 27.5. The van der Waals surface area contributed by atoms with Gasteiger partial charge in [-0.1, -0.05) is 78.9 Å². The second kappa shape index (κ2) is 10.6. The van der Waals surface area contributed by atoms with E-state index in [2.05, 4.69) is 42.5 Å². The molecule has 7 aromatic rings. The third-order valence-electron chi connectivity index (χ3n) is 10.6. The molecule has 0 fully saturated rings. The summed E-state index contributed by atoms with van der Waals surface area (Å²) in [5, 5.41) is 5.99. The van der Waals surface area contributed by atoms with Gasteiger partial charge in [-0.3, -0.25) is 0 Å². The molecule has 244 valence electrons. The lowest BCUT2D eigenvalue weighted by atomic mass is 9.64. The van der Waals surface area contributed by atoms with Gasteiger partial charge in [-0.25, -0.2) is 0 Å². The van der Waals surface area contributed by atoms with Gasteiger partial charge in [-0.05, 0) is 81.2 Å². The summed E-state index contributed by atoms with van der Waals surface area (Å²) in [5.74, 6) is 5.83. The monoisotopic (exact) mass is 676 g/mol. The van der Waals surface area contributed by atoms with Crippen LogP contribution in [0.2, 0.25) is 0 Å². The Bertz CT molecular complexity index is 2560. The zero-order valence-electron chi connectivity index (χ0n) is 27.5. The van der Waals surface area contributed by atoms with Crippen molar-refractivity contribution in [2.24, 2.45) is 0 Å². The Morgan fingerprint density at radius 1 is 0.385 bits per heavy atom. The molecule has 4 heterocycles. The minimum absolute atomic E-state index is 0.647. The average molecular weight is 676 g/mol. The quantitative estimate of drug-likeness (QED) is 0.182. The minimum Gasteiger partial charge on any atom is -0.522 e. The first kappa shape index (κ1) is 28.4. The third-order valence-corrected chi connectivity index (χ3v) is 10.6. The maximum absolute atomic E-state index is 6.55. The molecular formula is C40H24B4O8. The van der Waals surface area contributed by atoms with Gasteiger partial charge in [-0.2, -0.15) is 0 Å². The van der Waals surface area contributed by atoms with Crippen molar-refractivity contribution in [3.05, 3.63) is 133 Å². The summed E-state index contributed by atoms with van der Waals surface area (Å²) in [7, 11) is -2.71. The number of para-hydroxylation sites is 6. The molecule has 8 nitrogen and oxygen atoms in total. The summed E-state index contributed by atoms with van der Waals surface area (Å²) in [6, 6.07) is 36.0. The van der Waals surface area contributed by atoms with E-state index >= 15 is 0 Å². The van der Waals surface area contributed by atoms with Crippen molar-refractivity contribution < 1.29 is 37.2 Å². The topological polar surface area (TPSA) is 73.8 Å². The number of hydrogen-bond acceptors (Lipinski definition) is 8. The highest BCUT2D eigenvalue weighted by Gasteiger charge is 2.44. The van der Waals surface area contributed by atoms with E-state index in [1.54, 1.807) is 0 Å². The van der Waals surface area contributed by atoms with Crippen molar-refractivity contribution in [3.8, 4) is 34.5 Å². The lowest BCUT2D eigenvalue weighted by molar-refractivity contribution is 0.389. The van der Waals surface area contributed by atoms with E-state index in [-0.39, 0.29) is 0 Å². The normalized spacial score (nSPS) is 16.5. The molecule has 0 aromatic heterocycles. The summed E-state index contributed by atoms with van der Waals surface area (Å²) in [6.45, 7) is 0. The van der Waals surface area contributed by atoms with Gasteiger partial charge in [0, 0.05) is 28.3 Å². The van der Waals surface area contributed by atoms with Gasteiger partial charge in [0.2, 0.25) is 0 Å². The first-order chi connectivity index (χ1) is 25.7. The van der Waals surface area contributed by atoms with Gasteiger partial charge >= 0.3 is 28.5 Å². The fraction of sp³-hybridized carbons (Fsp3) is 0.0500. The van der Waals surface area contributed by atoms with Gasteiger partial charge < -0.3 is 37.2 Å². The number of allylic oxidation sites excluding steroid dienone is 3. The molecule has 0 atom stereocenters. The van der Waals surface area contributed by atoms with Crippen LogP contribution in [0.4, 0.5) is 0 Å². The van der Waals surface area contributed by atoms with Crippen LogP contribution in [0.25, 0.3) is 32.3 Å². The lowest BCUT2D eigenvalue weighted by Crippen LogP contribution is -2.47. The van der Waals surface area contributed by atoms with E-state index in [1.165, 1.54) is 0 Å². The largest absolute Gasteiger partial charge is 0.633 e. The molecule has 7 aromatic carbocycles. The van der Waals surface area contributed by atoms with E-state index in [0.29, 0.717) is 34.5 Å². The molecule has 0 bridgehead atoms. The van der Waals surface area contributed by atoms with E-state index in [0.717, 1.165) is 78.5 Å². The van der Waals surface area contributed by atoms with Crippen molar-refractivity contribution in [1.82, 2.24) is 0 Å². The van der Waals surface area contributed by atoms with Gasteiger partial charge in [0.05, 0.1) is 0 Å². The molecular weight excluding hydrogens is 652 g/mol. The van der Waals surface area contributed by atoms with Crippen LogP contribution < -0.4 is 49.8 Å². The number of hydrogen-bond donors (Lipinski definition) is 0. The van der Waals surface area contributed by atoms with Crippen molar-refractivity contribution in [1.29, 1.82) is 0 Å². The van der Waals surface area contributed by atoms with Gasteiger partial charge in [-0.15, -0.1) is 0 Å². The van der Waals surface area contributed by atoms with E-state index < -0.39 is 28.5 Å². The van der Waals surface area contributed by atoms with Crippen molar-refractivity contribution in [2.45, 2.75) is 12.8 Å². The van der Waals surface area contributed by atoms with Gasteiger partial charge in [0.15, 0.2) is 0 Å². The predicted octanol–water partition coefficient (Wildman–Crippen LogP) is 5.39. The third kappa shape index (κ3) is 4.09. The van der Waals surface area contributed by atoms with Crippen molar-refractivity contribution in [3.63, 3.8) is 0 Å². The highest BCUT2D eigenvalue weighted by molar-refractivity contribution is 6.74. The molecule has 0 amide bonds. The Balaban J connectivity index is 1.11. The van der Waals surface area contributed by atoms with Crippen LogP contribution in [0, 0.1) is 0 Å². The fourth-order valence-electron chi connectivity index (χ4n) is 8.20. The number of fused-ring (bicyclic) bond motifs is 3.